The molecule has 0 amide bonds. The Morgan fingerprint density at radius 3 is 2.38 bits per heavy atom. The summed E-state index contributed by atoms with van der Waals surface area (Å²) in [6, 6.07) is 0. The first-order valence-corrected chi connectivity index (χ1v) is 5.97. The average Bonchev–Trinajstić information content (AvgIpc) is 2.32. The lowest BCUT2D eigenvalue weighted by Crippen LogP contribution is -2.10. The fourth-order valence-electron chi connectivity index (χ4n) is 1.08. The molecule has 74 valence electrons. The first-order valence-electron chi connectivity index (χ1n) is 4.53. The fourth-order valence-corrected chi connectivity index (χ4v) is 2.58. The summed E-state index contributed by atoms with van der Waals surface area (Å²) in [5.74, 6) is 0.909. The Morgan fingerprint density at radius 1 is 1.38 bits per heavy atom. The molecular weight excluding hydrogens is 198 g/mol. The van der Waals surface area contributed by atoms with Gasteiger partial charge in [0.25, 0.3) is 0 Å². The van der Waals surface area contributed by atoms with Gasteiger partial charge < -0.3 is 0 Å². The zero-order chi connectivity index (χ0) is 10.1. The summed E-state index contributed by atoms with van der Waals surface area (Å²) in [6.07, 6.45) is 1.04. The van der Waals surface area contributed by atoms with Crippen LogP contribution in [-0.4, -0.2) is 10.7 Å². The zero-order valence-corrected chi connectivity index (χ0v) is 10.4. The van der Waals surface area contributed by atoms with E-state index in [-0.39, 0.29) is 5.41 Å². The van der Waals surface area contributed by atoms with Crippen molar-refractivity contribution in [1.82, 2.24) is 4.98 Å². The number of hydrogen-bond donors (Lipinski definition) is 1. The molecule has 3 heteroatoms. The highest BCUT2D eigenvalue weighted by atomic mass is 32.1. The van der Waals surface area contributed by atoms with Crippen molar-refractivity contribution in [3.05, 3.63) is 15.6 Å². The van der Waals surface area contributed by atoms with Crippen molar-refractivity contribution in [1.29, 1.82) is 0 Å². The molecule has 0 unspecified atom stereocenters. The number of nitrogens with zero attached hydrogens (tertiary/aromatic N) is 1. The first kappa shape index (κ1) is 11.1. The average molecular weight is 215 g/mol. The van der Waals surface area contributed by atoms with E-state index in [0.29, 0.717) is 0 Å². The zero-order valence-electron chi connectivity index (χ0n) is 8.72. The van der Waals surface area contributed by atoms with Gasteiger partial charge in [0.05, 0.1) is 10.7 Å². The molecule has 0 saturated carbocycles. The van der Waals surface area contributed by atoms with Crippen LogP contribution in [0.15, 0.2) is 0 Å². The van der Waals surface area contributed by atoms with E-state index in [1.807, 2.05) is 11.3 Å². The summed E-state index contributed by atoms with van der Waals surface area (Å²) in [6.45, 7) is 8.70. The van der Waals surface area contributed by atoms with Gasteiger partial charge in [0.2, 0.25) is 0 Å². The van der Waals surface area contributed by atoms with Gasteiger partial charge in [-0.1, -0.05) is 20.8 Å². The van der Waals surface area contributed by atoms with E-state index in [4.69, 9.17) is 0 Å². The van der Waals surface area contributed by atoms with Gasteiger partial charge in [-0.25, -0.2) is 4.98 Å². The maximum atomic E-state index is 4.59. The van der Waals surface area contributed by atoms with E-state index < -0.39 is 0 Å². The van der Waals surface area contributed by atoms with Gasteiger partial charge in [0.1, 0.15) is 0 Å². The Kier molecular flexibility index (Phi) is 3.41. The van der Waals surface area contributed by atoms with Crippen molar-refractivity contribution in [3.63, 3.8) is 0 Å². The molecule has 0 N–H and O–H groups in total. The summed E-state index contributed by atoms with van der Waals surface area (Å²) in [7, 11) is 0. The standard InChI is InChI=1S/C10H17NS2/c1-7-8(5-6-12)13-9(11-7)10(2,3)4/h12H,5-6H2,1-4H3. The highest BCUT2D eigenvalue weighted by Crippen LogP contribution is 2.29. The van der Waals surface area contributed by atoms with Crippen molar-refractivity contribution in [3.8, 4) is 0 Å². The Hall–Kier alpha value is -0.0200. The first-order chi connectivity index (χ1) is 5.95. The highest BCUT2D eigenvalue weighted by Gasteiger charge is 2.19. The third-order valence-electron chi connectivity index (χ3n) is 1.87. The van der Waals surface area contributed by atoms with Crippen LogP contribution in [0, 0.1) is 6.92 Å². The molecule has 0 atom stereocenters. The van der Waals surface area contributed by atoms with Gasteiger partial charge in [0, 0.05) is 10.3 Å². The van der Waals surface area contributed by atoms with Crippen molar-refractivity contribution >= 4 is 24.0 Å². The van der Waals surface area contributed by atoms with Crippen LogP contribution in [0.1, 0.15) is 36.3 Å². The monoisotopic (exact) mass is 215 g/mol. The van der Waals surface area contributed by atoms with Crippen LogP contribution < -0.4 is 0 Å². The molecule has 0 saturated heterocycles. The lowest BCUT2D eigenvalue weighted by molar-refractivity contribution is 0.584. The number of rotatable bonds is 2. The summed E-state index contributed by atoms with van der Waals surface area (Å²) >= 11 is 6.07. The number of aryl methyl sites for hydroxylation is 2. The molecule has 1 rings (SSSR count). The minimum atomic E-state index is 0.185. The molecule has 0 aliphatic heterocycles. The highest BCUT2D eigenvalue weighted by molar-refractivity contribution is 7.80. The molecule has 0 spiro atoms. The molecule has 1 heterocycles. The lowest BCUT2D eigenvalue weighted by Gasteiger charge is -2.13. The molecule has 13 heavy (non-hydrogen) atoms. The van der Waals surface area contributed by atoms with E-state index in [1.165, 1.54) is 15.6 Å². The molecule has 1 aromatic heterocycles. The molecule has 0 bridgehead atoms. The third-order valence-corrected chi connectivity index (χ3v) is 3.74. The summed E-state index contributed by atoms with van der Waals surface area (Å²) < 4.78 is 0. The Labute approximate surface area is 90.0 Å². The third kappa shape index (κ3) is 2.71. The quantitative estimate of drug-likeness (QED) is 0.747. The van der Waals surface area contributed by atoms with E-state index in [0.717, 1.165) is 12.2 Å². The minimum Gasteiger partial charge on any atom is -0.246 e. The smallest absolute Gasteiger partial charge is 0.0984 e. The van der Waals surface area contributed by atoms with Crippen molar-refractivity contribution in [2.45, 2.75) is 39.5 Å². The number of hydrogen-bond acceptors (Lipinski definition) is 3. The molecule has 0 fully saturated rings. The van der Waals surface area contributed by atoms with Crippen LogP contribution in [0.4, 0.5) is 0 Å². The Morgan fingerprint density at radius 2 is 2.00 bits per heavy atom. The fraction of sp³-hybridized carbons (Fsp3) is 0.700. The second-order valence-electron chi connectivity index (χ2n) is 4.25. The Bertz CT molecular complexity index is 284. The topological polar surface area (TPSA) is 12.9 Å². The minimum absolute atomic E-state index is 0.185. The van der Waals surface area contributed by atoms with Crippen LogP contribution in [0.3, 0.4) is 0 Å². The number of thiol groups is 1. The van der Waals surface area contributed by atoms with Gasteiger partial charge in [-0.15, -0.1) is 11.3 Å². The predicted octanol–water partition coefficient (Wildman–Crippen LogP) is 3.22. The molecule has 1 nitrogen and oxygen atoms in total. The lowest BCUT2D eigenvalue weighted by atomic mass is 9.98. The van der Waals surface area contributed by atoms with Gasteiger partial charge >= 0.3 is 0 Å². The van der Waals surface area contributed by atoms with Crippen molar-refractivity contribution in [2.24, 2.45) is 0 Å². The van der Waals surface area contributed by atoms with Gasteiger partial charge in [0.15, 0.2) is 0 Å². The van der Waals surface area contributed by atoms with Crippen molar-refractivity contribution in [2.75, 3.05) is 5.75 Å². The molecule has 0 aliphatic carbocycles. The summed E-state index contributed by atoms with van der Waals surface area (Å²) in [5, 5.41) is 1.24. The SMILES string of the molecule is Cc1nc(C(C)(C)C)sc1CCS. The van der Waals surface area contributed by atoms with Gasteiger partial charge in [-0.05, 0) is 19.1 Å². The van der Waals surface area contributed by atoms with Crippen LogP contribution >= 0.6 is 24.0 Å². The van der Waals surface area contributed by atoms with Crippen LogP contribution in [0.2, 0.25) is 0 Å². The van der Waals surface area contributed by atoms with E-state index in [9.17, 15) is 0 Å². The largest absolute Gasteiger partial charge is 0.246 e. The Balaban J connectivity index is 2.95. The number of aromatic nitrogens is 1. The predicted molar refractivity (Wildman–Crippen MR) is 63.1 cm³/mol. The molecular formula is C10H17NS2. The van der Waals surface area contributed by atoms with E-state index in [2.05, 4.69) is 45.3 Å². The molecule has 0 aromatic carbocycles. The second-order valence-corrected chi connectivity index (χ2v) is 5.78. The summed E-state index contributed by atoms with van der Waals surface area (Å²) in [4.78, 5) is 5.97. The molecule has 1 aromatic rings. The van der Waals surface area contributed by atoms with Crippen molar-refractivity contribution < 1.29 is 0 Å². The summed E-state index contributed by atoms with van der Waals surface area (Å²) in [5.41, 5.74) is 1.37. The maximum absolute atomic E-state index is 4.59. The normalized spacial score (nSPS) is 12.1. The van der Waals surface area contributed by atoms with E-state index in [1.54, 1.807) is 0 Å². The second kappa shape index (κ2) is 4.01. The van der Waals surface area contributed by atoms with Gasteiger partial charge in [-0.2, -0.15) is 12.6 Å². The maximum Gasteiger partial charge on any atom is 0.0984 e. The van der Waals surface area contributed by atoms with Crippen LogP contribution in [0.25, 0.3) is 0 Å². The van der Waals surface area contributed by atoms with Crippen LogP contribution in [0.5, 0.6) is 0 Å². The van der Waals surface area contributed by atoms with E-state index >= 15 is 0 Å². The van der Waals surface area contributed by atoms with Crippen LogP contribution in [-0.2, 0) is 11.8 Å². The van der Waals surface area contributed by atoms with Gasteiger partial charge in [-0.3, -0.25) is 0 Å². The number of thiazole rings is 1. The molecule has 0 aliphatic rings. The molecule has 0 radical (unpaired) electrons.